The van der Waals surface area contributed by atoms with Crippen molar-refractivity contribution in [2.45, 2.75) is 6.92 Å². The highest BCUT2D eigenvalue weighted by Crippen LogP contribution is 2.19. The Balaban J connectivity index is 3.13. The number of hydrogen-bond acceptors (Lipinski definition) is 3. The van der Waals surface area contributed by atoms with Crippen molar-refractivity contribution < 1.29 is 4.79 Å². The summed E-state index contributed by atoms with van der Waals surface area (Å²) in [5.41, 5.74) is 8.20. The number of nitrogens with two attached hydrogens (primary N) is 1. The van der Waals surface area contributed by atoms with Crippen LogP contribution in [0.15, 0.2) is 18.2 Å². The minimum absolute atomic E-state index is 0.0203. The fourth-order valence-corrected chi connectivity index (χ4v) is 1.38. The SMILES string of the molecule is Cc1ccc(C(=O)CN)cc1N(C)C. The van der Waals surface area contributed by atoms with Crippen molar-refractivity contribution in [3.63, 3.8) is 0 Å². The van der Waals surface area contributed by atoms with Crippen molar-refractivity contribution in [2.75, 3.05) is 25.5 Å². The summed E-state index contributed by atoms with van der Waals surface area (Å²) >= 11 is 0. The van der Waals surface area contributed by atoms with Crippen LogP contribution in [0.5, 0.6) is 0 Å². The van der Waals surface area contributed by atoms with Crippen LogP contribution < -0.4 is 10.6 Å². The van der Waals surface area contributed by atoms with Crippen LogP contribution in [0.25, 0.3) is 0 Å². The topological polar surface area (TPSA) is 46.3 Å². The van der Waals surface area contributed by atoms with Gasteiger partial charge in [0.1, 0.15) is 0 Å². The maximum Gasteiger partial charge on any atom is 0.176 e. The number of ketones is 1. The zero-order valence-electron chi connectivity index (χ0n) is 8.87. The third-order valence-electron chi connectivity index (χ3n) is 2.20. The van der Waals surface area contributed by atoms with Gasteiger partial charge < -0.3 is 10.6 Å². The first-order valence-electron chi connectivity index (χ1n) is 4.57. The number of carbonyl (C=O) groups excluding carboxylic acids is 1. The van der Waals surface area contributed by atoms with E-state index in [-0.39, 0.29) is 12.3 Å². The van der Waals surface area contributed by atoms with Crippen molar-refractivity contribution in [1.29, 1.82) is 0 Å². The maximum absolute atomic E-state index is 11.4. The fraction of sp³-hybridized carbons (Fsp3) is 0.364. The zero-order valence-corrected chi connectivity index (χ0v) is 8.87. The lowest BCUT2D eigenvalue weighted by molar-refractivity contribution is 0.100. The molecule has 3 nitrogen and oxygen atoms in total. The molecular formula is C11H16N2O. The summed E-state index contributed by atoms with van der Waals surface area (Å²) in [4.78, 5) is 13.3. The van der Waals surface area contributed by atoms with Crippen LogP contribution in [0.2, 0.25) is 0 Å². The Hall–Kier alpha value is -1.35. The molecule has 0 aliphatic carbocycles. The number of rotatable bonds is 3. The summed E-state index contributed by atoms with van der Waals surface area (Å²) in [6.07, 6.45) is 0. The summed E-state index contributed by atoms with van der Waals surface area (Å²) in [5.74, 6) is -0.0203. The van der Waals surface area contributed by atoms with Gasteiger partial charge in [-0.05, 0) is 18.6 Å². The van der Waals surface area contributed by atoms with E-state index in [2.05, 4.69) is 0 Å². The average Bonchev–Trinajstić information content (AvgIpc) is 2.17. The summed E-state index contributed by atoms with van der Waals surface area (Å²) < 4.78 is 0. The molecule has 0 aliphatic rings. The van der Waals surface area contributed by atoms with Gasteiger partial charge in [-0.2, -0.15) is 0 Å². The van der Waals surface area contributed by atoms with Crippen LogP contribution in [0.3, 0.4) is 0 Å². The van der Waals surface area contributed by atoms with Gasteiger partial charge in [0.25, 0.3) is 0 Å². The van der Waals surface area contributed by atoms with Crippen molar-refractivity contribution in [3.8, 4) is 0 Å². The highest BCUT2D eigenvalue weighted by atomic mass is 16.1. The van der Waals surface area contributed by atoms with E-state index in [1.807, 2.05) is 44.1 Å². The summed E-state index contributed by atoms with van der Waals surface area (Å²) in [6.45, 7) is 2.09. The van der Waals surface area contributed by atoms with Gasteiger partial charge in [-0.3, -0.25) is 4.79 Å². The molecule has 0 aromatic heterocycles. The lowest BCUT2D eigenvalue weighted by atomic mass is 10.1. The normalized spacial score (nSPS) is 10.0. The Morgan fingerprint density at radius 1 is 1.43 bits per heavy atom. The number of hydrogen-bond donors (Lipinski definition) is 1. The Labute approximate surface area is 84.5 Å². The van der Waals surface area contributed by atoms with Gasteiger partial charge in [0.15, 0.2) is 5.78 Å². The molecule has 0 amide bonds. The second kappa shape index (κ2) is 4.24. The van der Waals surface area contributed by atoms with E-state index in [4.69, 9.17) is 5.73 Å². The van der Waals surface area contributed by atoms with E-state index in [1.54, 1.807) is 0 Å². The number of nitrogens with zero attached hydrogens (tertiary/aromatic N) is 1. The third-order valence-corrected chi connectivity index (χ3v) is 2.20. The molecule has 2 N–H and O–H groups in total. The molecule has 1 aromatic rings. The molecule has 76 valence electrons. The highest BCUT2D eigenvalue weighted by molar-refractivity contribution is 5.98. The van der Waals surface area contributed by atoms with Crippen LogP contribution in [0.1, 0.15) is 15.9 Å². The van der Waals surface area contributed by atoms with E-state index in [9.17, 15) is 4.79 Å². The van der Waals surface area contributed by atoms with Gasteiger partial charge in [-0.1, -0.05) is 12.1 Å². The van der Waals surface area contributed by atoms with Crippen molar-refractivity contribution in [1.82, 2.24) is 0 Å². The number of aryl methyl sites for hydroxylation is 1. The Morgan fingerprint density at radius 3 is 2.57 bits per heavy atom. The standard InChI is InChI=1S/C11H16N2O/c1-8-4-5-9(11(14)7-12)6-10(8)13(2)3/h4-6H,7,12H2,1-3H3. The van der Waals surface area contributed by atoms with Gasteiger partial charge >= 0.3 is 0 Å². The second-order valence-electron chi connectivity index (χ2n) is 3.52. The van der Waals surface area contributed by atoms with Gasteiger partial charge in [0.05, 0.1) is 6.54 Å². The predicted molar refractivity (Wildman–Crippen MR) is 58.9 cm³/mol. The molecule has 1 aromatic carbocycles. The molecule has 0 radical (unpaired) electrons. The zero-order chi connectivity index (χ0) is 10.7. The first kappa shape index (κ1) is 10.7. The van der Waals surface area contributed by atoms with E-state index < -0.39 is 0 Å². The average molecular weight is 192 g/mol. The quantitative estimate of drug-likeness (QED) is 0.732. The van der Waals surface area contributed by atoms with Crippen LogP contribution in [-0.2, 0) is 0 Å². The van der Waals surface area contributed by atoms with Gasteiger partial charge in [0.2, 0.25) is 0 Å². The molecular weight excluding hydrogens is 176 g/mol. The van der Waals surface area contributed by atoms with E-state index >= 15 is 0 Å². The van der Waals surface area contributed by atoms with Crippen molar-refractivity contribution >= 4 is 11.5 Å². The fourth-order valence-electron chi connectivity index (χ4n) is 1.38. The van der Waals surface area contributed by atoms with Crippen LogP contribution in [0.4, 0.5) is 5.69 Å². The smallest absolute Gasteiger partial charge is 0.176 e. The third kappa shape index (κ3) is 2.12. The van der Waals surface area contributed by atoms with Gasteiger partial charge in [-0.15, -0.1) is 0 Å². The lowest BCUT2D eigenvalue weighted by Crippen LogP contribution is -2.15. The molecule has 0 saturated carbocycles. The molecule has 3 heteroatoms. The Morgan fingerprint density at radius 2 is 2.07 bits per heavy atom. The first-order valence-corrected chi connectivity index (χ1v) is 4.57. The van der Waals surface area contributed by atoms with Crippen LogP contribution in [-0.4, -0.2) is 26.4 Å². The largest absolute Gasteiger partial charge is 0.377 e. The number of Topliss-reactive ketones (excluding diaryl/α,β-unsaturated/α-hetero) is 1. The van der Waals surface area contributed by atoms with Crippen LogP contribution >= 0.6 is 0 Å². The molecule has 0 aliphatic heterocycles. The Bertz CT molecular complexity index is 345. The molecule has 0 spiro atoms. The van der Waals surface area contributed by atoms with Crippen molar-refractivity contribution in [2.24, 2.45) is 5.73 Å². The molecule has 0 heterocycles. The van der Waals surface area contributed by atoms with E-state index in [0.29, 0.717) is 5.56 Å². The van der Waals surface area contributed by atoms with Gasteiger partial charge in [0, 0.05) is 25.3 Å². The minimum Gasteiger partial charge on any atom is -0.377 e. The Kier molecular flexibility index (Phi) is 3.25. The summed E-state index contributed by atoms with van der Waals surface area (Å²) in [5, 5.41) is 0. The van der Waals surface area contributed by atoms with Gasteiger partial charge in [-0.25, -0.2) is 0 Å². The maximum atomic E-state index is 11.4. The molecule has 0 fully saturated rings. The molecule has 0 saturated heterocycles. The number of carbonyl (C=O) groups is 1. The minimum atomic E-state index is -0.0203. The van der Waals surface area contributed by atoms with Crippen molar-refractivity contribution in [3.05, 3.63) is 29.3 Å². The molecule has 0 atom stereocenters. The van der Waals surface area contributed by atoms with E-state index in [0.717, 1.165) is 11.3 Å². The molecule has 14 heavy (non-hydrogen) atoms. The predicted octanol–water partition coefficient (Wildman–Crippen LogP) is 1.20. The molecule has 1 rings (SSSR count). The molecule has 0 unspecified atom stereocenters. The summed E-state index contributed by atoms with van der Waals surface area (Å²) in [7, 11) is 3.91. The number of benzene rings is 1. The van der Waals surface area contributed by atoms with E-state index in [1.165, 1.54) is 0 Å². The summed E-state index contributed by atoms with van der Waals surface area (Å²) in [6, 6.07) is 5.64. The molecule has 0 bridgehead atoms. The van der Waals surface area contributed by atoms with Crippen LogP contribution in [0, 0.1) is 6.92 Å². The highest BCUT2D eigenvalue weighted by Gasteiger charge is 2.07. The number of anilines is 1. The second-order valence-corrected chi connectivity index (χ2v) is 3.52. The monoisotopic (exact) mass is 192 g/mol. The lowest BCUT2D eigenvalue weighted by Gasteiger charge is -2.16. The first-order chi connectivity index (χ1) is 6.56.